The Balaban J connectivity index is 2.16. The summed E-state index contributed by atoms with van der Waals surface area (Å²) in [4.78, 5) is 3.45. The number of rotatable bonds is 2. The molecule has 3 heteroatoms. The van der Waals surface area contributed by atoms with Gasteiger partial charge in [0.2, 0.25) is 0 Å². The van der Waals surface area contributed by atoms with Gasteiger partial charge in [-0.25, -0.2) is 0 Å². The Kier molecular flexibility index (Phi) is 2.23. The molecule has 0 bridgehead atoms. The molecule has 1 aliphatic carbocycles. The SMILES string of the molecule is NCC(O)c1ccc2[nH]c3c(c2c1)CCC3. The van der Waals surface area contributed by atoms with E-state index in [1.807, 2.05) is 12.1 Å². The standard InChI is InChI=1S/C13H16N2O/c14-7-13(16)8-4-5-12-10(6-8)9-2-1-3-11(9)15-12/h4-6,13,15-16H,1-3,7,14H2. The average Bonchev–Trinajstić information content (AvgIpc) is 2.87. The summed E-state index contributed by atoms with van der Waals surface area (Å²) < 4.78 is 0. The Morgan fingerprint density at radius 2 is 2.25 bits per heavy atom. The van der Waals surface area contributed by atoms with Crippen LogP contribution in [0.15, 0.2) is 18.2 Å². The van der Waals surface area contributed by atoms with E-state index in [1.165, 1.54) is 28.6 Å². The van der Waals surface area contributed by atoms with Gasteiger partial charge in [-0.15, -0.1) is 0 Å². The highest BCUT2D eigenvalue weighted by molar-refractivity contribution is 5.86. The van der Waals surface area contributed by atoms with Gasteiger partial charge in [0.1, 0.15) is 0 Å². The fraction of sp³-hybridized carbons (Fsp3) is 0.385. The number of nitrogens with one attached hydrogen (secondary N) is 1. The summed E-state index contributed by atoms with van der Waals surface area (Å²) in [5.41, 5.74) is 10.4. The molecule has 2 aromatic rings. The molecule has 3 rings (SSSR count). The lowest BCUT2D eigenvalue weighted by Crippen LogP contribution is -2.11. The normalized spacial score (nSPS) is 16.6. The van der Waals surface area contributed by atoms with E-state index in [1.54, 1.807) is 0 Å². The highest BCUT2D eigenvalue weighted by atomic mass is 16.3. The van der Waals surface area contributed by atoms with Crippen molar-refractivity contribution in [1.82, 2.24) is 4.98 Å². The van der Waals surface area contributed by atoms with Gasteiger partial charge in [-0.05, 0) is 42.5 Å². The van der Waals surface area contributed by atoms with Gasteiger partial charge in [-0.2, -0.15) is 0 Å². The van der Waals surface area contributed by atoms with Gasteiger partial charge >= 0.3 is 0 Å². The number of H-pyrrole nitrogens is 1. The summed E-state index contributed by atoms with van der Waals surface area (Å²) in [6, 6.07) is 6.07. The molecule has 3 nitrogen and oxygen atoms in total. The monoisotopic (exact) mass is 216 g/mol. The topological polar surface area (TPSA) is 62.0 Å². The zero-order valence-corrected chi connectivity index (χ0v) is 9.16. The molecule has 1 heterocycles. The molecular weight excluding hydrogens is 200 g/mol. The lowest BCUT2D eigenvalue weighted by atomic mass is 10.0. The van der Waals surface area contributed by atoms with Crippen molar-refractivity contribution in [2.45, 2.75) is 25.4 Å². The van der Waals surface area contributed by atoms with Crippen LogP contribution in [0.3, 0.4) is 0 Å². The number of nitrogens with two attached hydrogens (primary N) is 1. The van der Waals surface area contributed by atoms with E-state index in [0.717, 1.165) is 18.4 Å². The number of aryl methyl sites for hydroxylation is 2. The number of benzene rings is 1. The summed E-state index contributed by atoms with van der Waals surface area (Å²) in [6.07, 6.45) is 2.99. The summed E-state index contributed by atoms with van der Waals surface area (Å²) in [5, 5.41) is 11.0. The van der Waals surface area contributed by atoms with Crippen molar-refractivity contribution in [2.24, 2.45) is 5.73 Å². The van der Waals surface area contributed by atoms with Crippen LogP contribution >= 0.6 is 0 Å². The molecule has 0 fully saturated rings. The van der Waals surface area contributed by atoms with Crippen LogP contribution in [0.2, 0.25) is 0 Å². The number of hydrogen-bond donors (Lipinski definition) is 3. The van der Waals surface area contributed by atoms with E-state index >= 15 is 0 Å². The molecule has 0 spiro atoms. The molecule has 0 aliphatic heterocycles. The molecule has 84 valence electrons. The van der Waals surface area contributed by atoms with Crippen LogP contribution in [-0.2, 0) is 12.8 Å². The molecule has 0 saturated heterocycles. The second kappa shape index (κ2) is 3.61. The van der Waals surface area contributed by atoms with Crippen LogP contribution in [0.25, 0.3) is 10.9 Å². The molecule has 16 heavy (non-hydrogen) atoms. The van der Waals surface area contributed by atoms with Gasteiger partial charge in [0.25, 0.3) is 0 Å². The van der Waals surface area contributed by atoms with Crippen molar-refractivity contribution in [1.29, 1.82) is 0 Å². The number of fused-ring (bicyclic) bond motifs is 3. The van der Waals surface area contributed by atoms with Crippen LogP contribution in [0, 0.1) is 0 Å². The average molecular weight is 216 g/mol. The zero-order chi connectivity index (χ0) is 11.1. The molecule has 1 aromatic heterocycles. The summed E-state index contributed by atoms with van der Waals surface area (Å²) in [5.74, 6) is 0. The first kappa shape index (κ1) is 9.87. The fourth-order valence-electron chi connectivity index (χ4n) is 2.61. The first-order valence-electron chi connectivity index (χ1n) is 5.81. The van der Waals surface area contributed by atoms with E-state index in [9.17, 15) is 5.11 Å². The maximum Gasteiger partial charge on any atom is 0.0912 e. The molecule has 0 saturated carbocycles. The van der Waals surface area contributed by atoms with Crippen LogP contribution in [0.1, 0.15) is 29.3 Å². The largest absolute Gasteiger partial charge is 0.387 e. The van der Waals surface area contributed by atoms with Gasteiger partial charge in [0.05, 0.1) is 6.10 Å². The molecule has 1 aromatic carbocycles. The molecule has 1 atom stereocenters. The molecule has 1 unspecified atom stereocenters. The highest BCUT2D eigenvalue weighted by Crippen LogP contribution is 2.31. The minimum Gasteiger partial charge on any atom is -0.387 e. The summed E-state index contributed by atoms with van der Waals surface area (Å²) in [6.45, 7) is 0.276. The number of aliphatic hydroxyl groups is 1. The third-order valence-electron chi connectivity index (χ3n) is 3.48. The van der Waals surface area contributed by atoms with Crippen molar-refractivity contribution in [3.63, 3.8) is 0 Å². The smallest absolute Gasteiger partial charge is 0.0912 e. The van der Waals surface area contributed by atoms with E-state index in [2.05, 4.69) is 11.1 Å². The van der Waals surface area contributed by atoms with E-state index in [0.29, 0.717) is 0 Å². The van der Waals surface area contributed by atoms with Gasteiger partial charge < -0.3 is 15.8 Å². The summed E-state index contributed by atoms with van der Waals surface area (Å²) in [7, 11) is 0. The molecular formula is C13H16N2O. The van der Waals surface area contributed by atoms with Crippen molar-refractivity contribution < 1.29 is 5.11 Å². The Labute approximate surface area is 94.3 Å². The van der Waals surface area contributed by atoms with Gasteiger partial charge in [-0.1, -0.05) is 6.07 Å². The summed E-state index contributed by atoms with van der Waals surface area (Å²) >= 11 is 0. The zero-order valence-electron chi connectivity index (χ0n) is 9.16. The van der Waals surface area contributed by atoms with Gasteiger partial charge in [-0.3, -0.25) is 0 Å². The van der Waals surface area contributed by atoms with Crippen LogP contribution < -0.4 is 5.73 Å². The Morgan fingerprint density at radius 3 is 3.06 bits per heavy atom. The minimum absolute atomic E-state index is 0.276. The van der Waals surface area contributed by atoms with Crippen molar-refractivity contribution in [2.75, 3.05) is 6.54 Å². The number of hydrogen-bond acceptors (Lipinski definition) is 2. The lowest BCUT2D eigenvalue weighted by Gasteiger charge is -2.08. The third-order valence-corrected chi connectivity index (χ3v) is 3.48. The minimum atomic E-state index is -0.545. The van der Waals surface area contributed by atoms with Crippen molar-refractivity contribution >= 4 is 10.9 Å². The fourth-order valence-corrected chi connectivity index (χ4v) is 2.61. The third kappa shape index (κ3) is 1.36. The number of aromatic amines is 1. The molecule has 4 N–H and O–H groups in total. The van der Waals surface area contributed by atoms with Gasteiger partial charge in [0.15, 0.2) is 0 Å². The number of aliphatic hydroxyl groups excluding tert-OH is 1. The quantitative estimate of drug-likeness (QED) is 0.714. The van der Waals surface area contributed by atoms with Gasteiger partial charge in [0, 0.05) is 23.1 Å². The van der Waals surface area contributed by atoms with Crippen LogP contribution in [0.5, 0.6) is 0 Å². The van der Waals surface area contributed by atoms with E-state index in [-0.39, 0.29) is 6.54 Å². The Hall–Kier alpha value is -1.32. The molecule has 0 amide bonds. The van der Waals surface area contributed by atoms with E-state index < -0.39 is 6.10 Å². The maximum absolute atomic E-state index is 9.74. The second-order valence-electron chi connectivity index (χ2n) is 4.49. The maximum atomic E-state index is 9.74. The predicted molar refractivity (Wildman–Crippen MR) is 64.3 cm³/mol. The second-order valence-corrected chi connectivity index (χ2v) is 4.49. The van der Waals surface area contributed by atoms with Crippen LogP contribution in [0.4, 0.5) is 0 Å². The predicted octanol–water partition coefficient (Wildman–Crippen LogP) is 1.65. The lowest BCUT2D eigenvalue weighted by molar-refractivity contribution is 0.187. The van der Waals surface area contributed by atoms with Crippen molar-refractivity contribution in [3.8, 4) is 0 Å². The first-order chi connectivity index (χ1) is 7.79. The first-order valence-corrected chi connectivity index (χ1v) is 5.81. The molecule has 1 aliphatic rings. The highest BCUT2D eigenvalue weighted by Gasteiger charge is 2.17. The van der Waals surface area contributed by atoms with Crippen molar-refractivity contribution in [3.05, 3.63) is 35.0 Å². The Morgan fingerprint density at radius 1 is 1.38 bits per heavy atom. The van der Waals surface area contributed by atoms with E-state index in [4.69, 9.17) is 5.73 Å². The Bertz CT molecular complexity index is 530. The molecule has 0 radical (unpaired) electrons. The number of aromatic nitrogens is 1. The van der Waals surface area contributed by atoms with Crippen LogP contribution in [-0.4, -0.2) is 16.6 Å².